The first-order chi connectivity index (χ1) is 8.60. The number of hydrogen-bond donors (Lipinski definition) is 0. The number of nitrogens with zero attached hydrogens (tertiary/aromatic N) is 3. The number of ether oxygens (including phenoxy) is 1. The number of hydrogen-bond acceptors (Lipinski definition) is 7. The number of rotatable bonds is 3. The van der Waals surface area contributed by atoms with Crippen LogP contribution in [0.2, 0.25) is 0 Å². The Balaban J connectivity index is 2.21. The first-order valence-corrected chi connectivity index (χ1v) is 5.94. The third-order valence-corrected chi connectivity index (χ3v) is 2.96. The zero-order valence-corrected chi connectivity index (χ0v) is 10.9. The van der Waals surface area contributed by atoms with Crippen molar-refractivity contribution in [1.82, 2.24) is 15.0 Å². The maximum atomic E-state index is 11.3. The molecule has 2 aromatic heterocycles. The molecule has 0 aliphatic rings. The lowest BCUT2D eigenvalue weighted by molar-refractivity contribution is 0.0592. The van der Waals surface area contributed by atoms with Gasteiger partial charge in [0.1, 0.15) is 10.8 Å². The van der Waals surface area contributed by atoms with Crippen LogP contribution in [0.25, 0.3) is 0 Å². The molecule has 7 heteroatoms. The van der Waals surface area contributed by atoms with Crippen LogP contribution in [0.5, 0.6) is 0 Å². The third kappa shape index (κ3) is 2.67. The van der Waals surface area contributed by atoms with Crippen LogP contribution >= 0.6 is 11.8 Å². The van der Waals surface area contributed by atoms with Crippen LogP contribution in [0.4, 0.5) is 0 Å². The Morgan fingerprint density at radius 2 is 2.11 bits per heavy atom. The largest absolute Gasteiger partial charge is 0.464 e. The third-order valence-electron chi connectivity index (χ3n) is 2.21. The molecule has 0 saturated carbocycles. The van der Waals surface area contributed by atoms with Gasteiger partial charge in [-0.2, -0.15) is 0 Å². The number of aromatic nitrogens is 3. The van der Waals surface area contributed by atoms with Crippen molar-refractivity contribution in [3.05, 3.63) is 29.5 Å². The number of carbonyl (C=O) groups excluding carboxylic acids is 1. The normalized spacial score (nSPS) is 10.4. The van der Waals surface area contributed by atoms with Gasteiger partial charge in [-0.25, -0.2) is 14.8 Å². The van der Waals surface area contributed by atoms with Crippen LogP contribution in [-0.2, 0) is 4.74 Å². The van der Waals surface area contributed by atoms with Gasteiger partial charge in [-0.05, 0) is 25.6 Å². The molecular formula is C11H11N3O3S. The highest BCUT2D eigenvalue weighted by Crippen LogP contribution is 2.26. The summed E-state index contributed by atoms with van der Waals surface area (Å²) in [5, 5.41) is 1.00. The van der Waals surface area contributed by atoms with Crippen molar-refractivity contribution in [2.75, 3.05) is 7.11 Å². The zero-order chi connectivity index (χ0) is 13.1. The van der Waals surface area contributed by atoms with Crippen molar-refractivity contribution in [2.45, 2.75) is 24.1 Å². The van der Waals surface area contributed by atoms with E-state index in [0.29, 0.717) is 10.2 Å². The van der Waals surface area contributed by atoms with Crippen molar-refractivity contribution in [3.8, 4) is 0 Å². The number of aryl methyl sites for hydroxylation is 2. The van der Waals surface area contributed by atoms with Crippen molar-refractivity contribution < 1.29 is 13.9 Å². The van der Waals surface area contributed by atoms with Crippen LogP contribution in [-0.4, -0.2) is 28.0 Å². The molecule has 0 spiro atoms. The molecule has 0 amide bonds. The predicted octanol–water partition coefficient (Wildman–Crippen LogP) is 2.02. The fraction of sp³-hybridized carbons (Fsp3) is 0.273. The molecule has 0 saturated heterocycles. The number of oxazole rings is 1. The minimum Gasteiger partial charge on any atom is -0.464 e. The SMILES string of the molecule is COC(=O)c1cncc(Sc2nc(C)c(C)o2)n1. The summed E-state index contributed by atoms with van der Waals surface area (Å²) in [6.45, 7) is 3.70. The summed E-state index contributed by atoms with van der Waals surface area (Å²) in [6.07, 6.45) is 2.88. The molecule has 94 valence electrons. The number of methoxy groups -OCH3 is 1. The summed E-state index contributed by atoms with van der Waals surface area (Å²) in [5.74, 6) is 0.235. The van der Waals surface area contributed by atoms with Gasteiger partial charge in [-0.15, -0.1) is 0 Å². The minimum absolute atomic E-state index is 0.155. The van der Waals surface area contributed by atoms with Gasteiger partial charge < -0.3 is 9.15 Å². The van der Waals surface area contributed by atoms with E-state index < -0.39 is 5.97 Å². The molecule has 0 radical (unpaired) electrons. The van der Waals surface area contributed by atoms with Crippen molar-refractivity contribution in [1.29, 1.82) is 0 Å². The molecule has 0 fully saturated rings. The smallest absolute Gasteiger partial charge is 0.358 e. The highest BCUT2D eigenvalue weighted by atomic mass is 32.2. The van der Waals surface area contributed by atoms with E-state index in [1.165, 1.54) is 31.3 Å². The van der Waals surface area contributed by atoms with Gasteiger partial charge in [0.25, 0.3) is 5.22 Å². The molecule has 0 atom stereocenters. The average Bonchev–Trinajstić information content (AvgIpc) is 2.67. The molecule has 18 heavy (non-hydrogen) atoms. The summed E-state index contributed by atoms with van der Waals surface area (Å²) in [4.78, 5) is 23.5. The molecule has 2 rings (SSSR count). The molecule has 6 nitrogen and oxygen atoms in total. The van der Waals surface area contributed by atoms with Crippen LogP contribution in [0.3, 0.4) is 0 Å². The van der Waals surface area contributed by atoms with Gasteiger partial charge in [0.15, 0.2) is 5.69 Å². The molecule has 0 N–H and O–H groups in total. The summed E-state index contributed by atoms with van der Waals surface area (Å²) in [6, 6.07) is 0. The average molecular weight is 265 g/mol. The predicted molar refractivity (Wildman–Crippen MR) is 63.5 cm³/mol. The van der Waals surface area contributed by atoms with E-state index in [1.54, 1.807) is 0 Å². The Hall–Kier alpha value is -1.89. The Kier molecular flexibility index (Phi) is 3.61. The van der Waals surface area contributed by atoms with Crippen molar-refractivity contribution in [3.63, 3.8) is 0 Å². The quantitative estimate of drug-likeness (QED) is 0.785. The van der Waals surface area contributed by atoms with E-state index >= 15 is 0 Å². The molecule has 0 aliphatic heterocycles. The van der Waals surface area contributed by atoms with Crippen molar-refractivity contribution in [2.24, 2.45) is 0 Å². The van der Waals surface area contributed by atoms with Crippen LogP contribution in [0, 0.1) is 13.8 Å². The number of carbonyl (C=O) groups is 1. The Bertz CT molecular complexity index is 563. The lowest BCUT2D eigenvalue weighted by Crippen LogP contribution is -2.05. The molecule has 0 aromatic carbocycles. The second-order valence-electron chi connectivity index (χ2n) is 3.46. The first kappa shape index (κ1) is 12.6. The zero-order valence-electron chi connectivity index (χ0n) is 10.1. The van der Waals surface area contributed by atoms with Crippen LogP contribution in [0.1, 0.15) is 21.9 Å². The molecule has 0 bridgehead atoms. The Labute approximate surface area is 108 Å². The van der Waals surface area contributed by atoms with E-state index in [4.69, 9.17) is 4.42 Å². The maximum absolute atomic E-state index is 11.3. The van der Waals surface area contributed by atoms with E-state index in [9.17, 15) is 4.79 Å². The molecular weight excluding hydrogens is 254 g/mol. The van der Waals surface area contributed by atoms with Gasteiger partial charge in [0.2, 0.25) is 0 Å². The van der Waals surface area contributed by atoms with E-state index in [1.807, 2.05) is 13.8 Å². The van der Waals surface area contributed by atoms with Crippen molar-refractivity contribution >= 4 is 17.7 Å². The fourth-order valence-corrected chi connectivity index (χ4v) is 1.96. The summed E-state index contributed by atoms with van der Waals surface area (Å²) in [7, 11) is 1.30. The topological polar surface area (TPSA) is 78.1 Å². The van der Waals surface area contributed by atoms with Crippen LogP contribution < -0.4 is 0 Å². The Morgan fingerprint density at radius 1 is 1.33 bits per heavy atom. The van der Waals surface area contributed by atoms with Gasteiger partial charge in [-0.3, -0.25) is 4.98 Å². The van der Waals surface area contributed by atoms with E-state index in [2.05, 4.69) is 19.7 Å². The number of esters is 1. The van der Waals surface area contributed by atoms with Gasteiger partial charge in [0.05, 0.1) is 25.2 Å². The van der Waals surface area contributed by atoms with E-state index in [-0.39, 0.29) is 5.69 Å². The second kappa shape index (κ2) is 5.18. The summed E-state index contributed by atoms with van der Waals surface area (Å²) in [5.41, 5.74) is 0.983. The molecule has 2 aromatic rings. The van der Waals surface area contributed by atoms with Gasteiger partial charge >= 0.3 is 5.97 Å². The lowest BCUT2D eigenvalue weighted by atomic mass is 10.4. The monoisotopic (exact) mass is 265 g/mol. The first-order valence-electron chi connectivity index (χ1n) is 5.12. The van der Waals surface area contributed by atoms with E-state index in [0.717, 1.165) is 11.5 Å². The summed E-state index contributed by atoms with van der Waals surface area (Å²) < 4.78 is 9.99. The van der Waals surface area contributed by atoms with Gasteiger partial charge in [-0.1, -0.05) is 0 Å². The lowest BCUT2D eigenvalue weighted by Gasteiger charge is -1.99. The van der Waals surface area contributed by atoms with Crippen LogP contribution in [0.15, 0.2) is 27.1 Å². The highest BCUT2D eigenvalue weighted by Gasteiger charge is 2.12. The second-order valence-corrected chi connectivity index (χ2v) is 4.43. The van der Waals surface area contributed by atoms with Gasteiger partial charge in [0, 0.05) is 0 Å². The molecule has 2 heterocycles. The highest BCUT2D eigenvalue weighted by molar-refractivity contribution is 7.99. The minimum atomic E-state index is -0.523. The molecule has 0 aliphatic carbocycles. The molecule has 0 unspecified atom stereocenters. The Morgan fingerprint density at radius 3 is 2.72 bits per heavy atom. The fourth-order valence-electron chi connectivity index (χ4n) is 1.18. The standard InChI is InChI=1S/C11H11N3O3S/c1-6-7(2)17-11(13-6)18-9-5-12-4-8(14-9)10(15)16-3/h4-5H,1-3H3. The summed E-state index contributed by atoms with van der Waals surface area (Å²) >= 11 is 1.21. The maximum Gasteiger partial charge on any atom is 0.358 e.